The Morgan fingerprint density at radius 1 is 0.810 bits per heavy atom. The SMILES string of the molecule is CCCCCCCCCCCCCCCCOc1c(NC(=O)c2ccc(C[n+]3ccsc3)cc2)cccc1C(C)=O.[Br-]. The fourth-order valence-electron chi connectivity index (χ4n) is 5.06. The summed E-state index contributed by atoms with van der Waals surface area (Å²) in [6.07, 6.45) is 20.3. The lowest BCUT2D eigenvalue weighted by molar-refractivity contribution is -0.683. The number of para-hydroxylation sites is 1. The summed E-state index contributed by atoms with van der Waals surface area (Å²) in [5, 5.41) is 5.01. The van der Waals surface area contributed by atoms with Crippen LogP contribution in [0.3, 0.4) is 0 Å². The Balaban J connectivity index is 0.00000616. The minimum atomic E-state index is -0.221. The number of hydrogen-bond acceptors (Lipinski definition) is 4. The molecular formula is C35H49BrN2O3S. The van der Waals surface area contributed by atoms with Gasteiger partial charge in [0.1, 0.15) is 0 Å². The molecule has 0 atom stereocenters. The number of aromatic nitrogens is 1. The van der Waals surface area contributed by atoms with E-state index in [4.69, 9.17) is 4.74 Å². The lowest BCUT2D eigenvalue weighted by atomic mass is 10.0. The van der Waals surface area contributed by atoms with Gasteiger partial charge in [-0.05, 0) is 37.6 Å². The lowest BCUT2D eigenvalue weighted by Crippen LogP contribution is -3.00. The van der Waals surface area contributed by atoms with Gasteiger partial charge in [-0.2, -0.15) is 4.57 Å². The van der Waals surface area contributed by atoms with E-state index in [-0.39, 0.29) is 28.7 Å². The fourth-order valence-corrected chi connectivity index (χ4v) is 5.66. The molecule has 0 radical (unpaired) electrons. The molecule has 42 heavy (non-hydrogen) atoms. The van der Waals surface area contributed by atoms with E-state index in [1.54, 1.807) is 29.5 Å². The molecule has 1 heterocycles. The van der Waals surface area contributed by atoms with Crippen LogP contribution in [0.1, 0.15) is 130 Å². The molecule has 0 aliphatic heterocycles. The zero-order chi connectivity index (χ0) is 29.1. The van der Waals surface area contributed by atoms with E-state index < -0.39 is 0 Å². The quantitative estimate of drug-likeness (QED) is 0.0820. The average Bonchev–Trinajstić information content (AvgIpc) is 3.49. The van der Waals surface area contributed by atoms with Gasteiger partial charge in [-0.3, -0.25) is 9.59 Å². The number of carbonyl (C=O) groups excluding carboxylic acids is 2. The number of benzene rings is 2. The number of rotatable bonds is 21. The summed E-state index contributed by atoms with van der Waals surface area (Å²) >= 11 is 1.65. The first-order valence-corrected chi connectivity index (χ1v) is 16.6. The van der Waals surface area contributed by atoms with Crippen LogP contribution in [0.2, 0.25) is 0 Å². The maximum Gasteiger partial charge on any atom is 0.255 e. The van der Waals surface area contributed by atoms with Crippen LogP contribution in [0.25, 0.3) is 0 Å². The van der Waals surface area contributed by atoms with Gasteiger partial charge in [0.15, 0.2) is 24.3 Å². The summed E-state index contributed by atoms with van der Waals surface area (Å²) in [5.41, 5.74) is 4.78. The Hall–Kier alpha value is -2.51. The van der Waals surface area contributed by atoms with Crippen LogP contribution in [0.4, 0.5) is 5.69 Å². The van der Waals surface area contributed by atoms with E-state index in [1.165, 1.54) is 84.0 Å². The molecule has 1 N–H and O–H groups in total. The Morgan fingerprint density at radius 3 is 1.95 bits per heavy atom. The van der Waals surface area contributed by atoms with E-state index in [0.717, 1.165) is 24.9 Å². The van der Waals surface area contributed by atoms with Crippen molar-refractivity contribution in [2.24, 2.45) is 0 Å². The zero-order valence-corrected chi connectivity index (χ0v) is 27.9. The molecule has 230 valence electrons. The Bertz CT molecular complexity index is 1170. The molecule has 1 aromatic heterocycles. The molecular weight excluding hydrogens is 608 g/mol. The van der Waals surface area contributed by atoms with Gasteiger partial charge in [0, 0.05) is 11.1 Å². The van der Waals surface area contributed by atoms with Crippen molar-refractivity contribution in [2.75, 3.05) is 11.9 Å². The molecule has 0 fully saturated rings. The maximum atomic E-state index is 13.0. The molecule has 0 saturated heterocycles. The highest BCUT2D eigenvalue weighted by atomic mass is 79.9. The fraction of sp³-hybridized carbons (Fsp3) is 0.514. The molecule has 5 nitrogen and oxygen atoms in total. The van der Waals surface area contributed by atoms with Crippen LogP contribution in [-0.2, 0) is 6.54 Å². The molecule has 0 unspecified atom stereocenters. The van der Waals surface area contributed by atoms with Crippen LogP contribution in [0.15, 0.2) is 59.6 Å². The lowest BCUT2D eigenvalue weighted by Gasteiger charge is -2.15. The van der Waals surface area contributed by atoms with Gasteiger partial charge in [-0.15, -0.1) is 0 Å². The van der Waals surface area contributed by atoms with Gasteiger partial charge >= 0.3 is 0 Å². The second-order valence-electron chi connectivity index (χ2n) is 11.0. The average molecular weight is 658 g/mol. The predicted octanol–water partition coefficient (Wildman–Crippen LogP) is 6.40. The standard InChI is InChI=1S/C35H48N2O3S.BrH/c1-3-4-5-6-7-8-9-10-11-12-13-14-15-16-25-40-34-32(29(2)38)18-17-19-33(34)36-35(39)31-22-20-30(21-23-31)27-37-24-26-41-28-37;/h17-24,26,28H,3-16,25,27H2,1-2H3;1H. The van der Waals surface area contributed by atoms with Crippen LogP contribution in [0.5, 0.6) is 5.75 Å². The number of nitrogens with one attached hydrogen (secondary N) is 1. The highest BCUT2D eigenvalue weighted by Crippen LogP contribution is 2.30. The second-order valence-corrected chi connectivity index (χ2v) is 11.8. The predicted molar refractivity (Wildman–Crippen MR) is 170 cm³/mol. The third-order valence-electron chi connectivity index (χ3n) is 7.50. The molecule has 0 aliphatic carbocycles. The minimum Gasteiger partial charge on any atom is -1.00 e. The molecule has 3 aromatic rings. The largest absolute Gasteiger partial charge is 1.00 e. The summed E-state index contributed by atoms with van der Waals surface area (Å²) in [6.45, 7) is 5.10. The number of Topliss-reactive ketones (excluding diaryl/α,β-unsaturated/α-hetero) is 1. The first-order valence-electron chi connectivity index (χ1n) is 15.7. The Kier molecular flexibility index (Phi) is 18.0. The third kappa shape index (κ3) is 13.2. The molecule has 0 bridgehead atoms. The van der Waals surface area contributed by atoms with E-state index >= 15 is 0 Å². The molecule has 2 aromatic carbocycles. The summed E-state index contributed by atoms with van der Waals surface area (Å²) in [5.74, 6) is 0.169. The maximum absolute atomic E-state index is 13.0. The number of anilines is 1. The number of ketones is 1. The summed E-state index contributed by atoms with van der Waals surface area (Å²) in [4.78, 5) is 25.3. The molecule has 3 rings (SSSR count). The minimum absolute atomic E-state index is 0. The molecule has 1 amide bonds. The van der Waals surface area contributed by atoms with Crippen molar-refractivity contribution in [3.05, 3.63) is 76.2 Å². The molecule has 0 aliphatic rings. The highest BCUT2D eigenvalue weighted by molar-refractivity contribution is 7.07. The van der Waals surface area contributed by atoms with Crippen molar-refractivity contribution in [3.8, 4) is 5.75 Å². The van der Waals surface area contributed by atoms with Crippen LogP contribution >= 0.6 is 11.3 Å². The van der Waals surface area contributed by atoms with Crippen molar-refractivity contribution in [1.29, 1.82) is 0 Å². The number of thiazole rings is 1. The Morgan fingerprint density at radius 2 is 1.40 bits per heavy atom. The van der Waals surface area contributed by atoms with Gasteiger partial charge in [0.25, 0.3) is 5.91 Å². The van der Waals surface area contributed by atoms with Gasteiger partial charge in [-0.25, -0.2) is 0 Å². The number of unbranched alkanes of at least 4 members (excludes halogenated alkanes) is 13. The normalized spacial score (nSPS) is 10.7. The van der Waals surface area contributed by atoms with E-state index in [1.807, 2.05) is 35.8 Å². The number of amides is 1. The van der Waals surface area contributed by atoms with Crippen molar-refractivity contribution < 1.29 is 35.9 Å². The smallest absolute Gasteiger partial charge is 0.255 e. The molecule has 7 heteroatoms. The third-order valence-corrected chi connectivity index (χ3v) is 8.17. The van der Waals surface area contributed by atoms with E-state index in [2.05, 4.69) is 22.3 Å². The van der Waals surface area contributed by atoms with Gasteiger partial charge in [0.2, 0.25) is 5.51 Å². The van der Waals surface area contributed by atoms with Gasteiger partial charge in [0.05, 0.1) is 23.2 Å². The molecule has 0 saturated carbocycles. The Labute approximate surface area is 267 Å². The number of nitrogens with zero attached hydrogens (tertiary/aromatic N) is 1. The van der Waals surface area contributed by atoms with Crippen molar-refractivity contribution in [1.82, 2.24) is 0 Å². The van der Waals surface area contributed by atoms with Crippen molar-refractivity contribution in [3.63, 3.8) is 0 Å². The zero-order valence-electron chi connectivity index (χ0n) is 25.5. The van der Waals surface area contributed by atoms with Crippen LogP contribution < -0.4 is 31.6 Å². The topological polar surface area (TPSA) is 59.3 Å². The summed E-state index contributed by atoms with van der Waals surface area (Å²) < 4.78 is 8.22. The van der Waals surface area contributed by atoms with Gasteiger partial charge < -0.3 is 27.0 Å². The number of hydrogen-bond donors (Lipinski definition) is 1. The van der Waals surface area contributed by atoms with Crippen LogP contribution in [0, 0.1) is 0 Å². The second kappa shape index (κ2) is 21.2. The first-order chi connectivity index (χ1) is 20.1. The summed E-state index contributed by atoms with van der Waals surface area (Å²) in [6, 6.07) is 13.0. The monoisotopic (exact) mass is 656 g/mol. The number of ether oxygens (including phenoxy) is 1. The van der Waals surface area contributed by atoms with Gasteiger partial charge in [-0.1, -0.05) is 120 Å². The summed E-state index contributed by atoms with van der Waals surface area (Å²) in [7, 11) is 0. The van der Waals surface area contributed by atoms with Crippen molar-refractivity contribution in [2.45, 2.75) is 110 Å². The van der Waals surface area contributed by atoms with Crippen molar-refractivity contribution >= 4 is 28.7 Å². The first kappa shape index (κ1) is 35.7. The van der Waals surface area contributed by atoms with E-state index in [9.17, 15) is 9.59 Å². The molecule has 0 spiro atoms. The number of carbonyl (C=O) groups is 2. The van der Waals surface area contributed by atoms with E-state index in [0.29, 0.717) is 29.2 Å². The highest BCUT2D eigenvalue weighted by Gasteiger charge is 2.16. The van der Waals surface area contributed by atoms with Crippen LogP contribution in [-0.4, -0.2) is 18.3 Å². The number of halogens is 1.